The van der Waals surface area contributed by atoms with E-state index in [2.05, 4.69) is 11.0 Å². The van der Waals surface area contributed by atoms with E-state index < -0.39 is 0 Å². The summed E-state index contributed by atoms with van der Waals surface area (Å²) in [5.41, 5.74) is 1.20. The molecule has 0 bridgehead atoms. The molecule has 26 heavy (non-hydrogen) atoms. The van der Waals surface area contributed by atoms with Crippen LogP contribution in [0.5, 0.6) is 11.5 Å². The smallest absolute Gasteiger partial charge is 0.160 e. The first-order valence-electron chi connectivity index (χ1n) is 9.96. The molecule has 1 aromatic rings. The molecule has 1 aliphatic carbocycles. The molecule has 1 aliphatic heterocycles. The zero-order valence-corrected chi connectivity index (χ0v) is 16.2. The van der Waals surface area contributed by atoms with Gasteiger partial charge in [0, 0.05) is 12.1 Å². The van der Waals surface area contributed by atoms with E-state index >= 15 is 0 Å². The van der Waals surface area contributed by atoms with Gasteiger partial charge in [0.1, 0.15) is 0 Å². The largest absolute Gasteiger partial charge is 0.493 e. The lowest BCUT2D eigenvalue weighted by atomic mass is 9.90. The normalized spacial score (nSPS) is 26.8. The van der Waals surface area contributed by atoms with E-state index in [0.717, 1.165) is 37.3 Å². The van der Waals surface area contributed by atoms with E-state index in [-0.39, 0.29) is 12.7 Å². The summed E-state index contributed by atoms with van der Waals surface area (Å²) in [6, 6.07) is 6.85. The lowest BCUT2D eigenvalue weighted by Crippen LogP contribution is -2.49. The van der Waals surface area contributed by atoms with Crippen molar-refractivity contribution in [2.45, 2.75) is 63.1 Å². The number of aliphatic hydroxyl groups excluding tert-OH is 1. The average molecular weight is 363 g/mol. The van der Waals surface area contributed by atoms with Crippen LogP contribution in [0, 0.1) is 0 Å². The Morgan fingerprint density at radius 1 is 1.04 bits per heavy atom. The first-order valence-corrected chi connectivity index (χ1v) is 9.96. The van der Waals surface area contributed by atoms with Crippen molar-refractivity contribution < 1.29 is 19.3 Å². The van der Waals surface area contributed by atoms with Crippen LogP contribution in [-0.4, -0.2) is 62.2 Å². The van der Waals surface area contributed by atoms with E-state index in [0.29, 0.717) is 18.7 Å². The molecule has 0 amide bonds. The molecule has 146 valence electrons. The Balaban J connectivity index is 1.55. The van der Waals surface area contributed by atoms with Crippen molar-refractivity contribution in [1.82, 2.24) is 4.90 Å². The summed E-state index contributed by atoms with van der Waals surface area (Å²) in [7, 11) is 3.32. The Labute approximate surface area is 157 Å². The van der Waals surface area contributed by atoms with E-state index in [4.69, 9.17) is 14.2 Å². The molecule has 3 atom stereocenters. The number of ether oxygens (including phenoxy) is 3. The summed E-state index contributed by atoms with van der Waals surface area (Å²) in [5.74, 6) is 1.52. The van der Waals surface area contributed by atoms with Gasteiger partial charge in [-0.2, -0.15) is 0 Å². The number of hydrogen-bond donors (Lipinski definition) is 1. The molecule has 1 saturated carbocycles. The first-order chi connectivity index (χ1) is 12.8. The summed E-state index contributed by atoms with van der Waals surface area (Å²) in [6.45, 7) is 2.09. The molecule has 5 nitrogen and oxygen atoms in total. The zero-order chi connectivity index (χ0) is 18.4. The fourth-order valence-electron chi connectivity index (χ4n) is 4.51. The molecule has 1 heterocycles. The van der Waals surface area contributed by atoms with Crippen molar-refractivity contribution in [3.63, 3.8) is 0 Å². The Bertz CT molecular complexity index is 565. The minimum atomic E-state index is 0.273. The predicted octanol–water partition coefficient (Wildman–Crippen LogP) is 3.03. The third-order valence-electron chi connectivity index (χ3n) is 5.90. The van der Waals surface area contributed by atoms with Gasteiger partial charge >= 0.3 is 0 Å². The van der Waals surface area contributed by atoms with Gasteiger partial charge in [0.05, 0.1) is 33.5 Å². The summed E-state index contributed by atoms with van der Waals surface area (Å²) < 4.78 is 17.0. The molecule has 2 aliphatic rings. The van der Waals surface area contributed by atoms with E-state index in [9.17, 15) is 5.11 Å². The zero-order valence-electron chi connectivity index (χ0n) is 16.2. The maximum atomic E-state index is 9.67. The second-order valence-electron chi connectivity index (χ2n) is 7.42. The van der Waals surface area contributed by atoms with Crippen LogP contribution in [0.1, 0.15) is 44.1 Å². The second kappa shape index (κ2) is 9.58. The van der Waals surface area contributed by atoms with Gasteiger partial charge in [0.15, 0.2) is 11.5 Å². The molecule has 0 spiro atoms. The molecule has 0 aromatic heterocycles. The average Bonchev–Trinajstić information content (AvgIpc) is 3.16. The minimum Gasteiger partial charge on any atom is -0.493 e. The third kappa shape index (κ3) is 4.51. The number of methoxy groups -OCH3 is 2. The molecule has 1 N–H and O–H groups in total. The molecule has 3 rings (SSSR count). The van der Waals surface area contributed by atoms with Crippen molar-refractivity contribution in [2.75, 3.05) is 34.0 Å². The third-order valence-corrected chi connectivity index (χ3v) is 5.90. The quantitative estimate of drug-likeness (QED) is 0.769. The second-order valence-corrected chi connectivity index (χ2v) is 7.42. The topological polar surface area (TPSA) is 51.2 Å². The molecule has 1 saturated heterocycles. The maximum absolute atomic E-state index is 9.67. The summed E-state index contributed by atoms with van der Waals surface area (Å²) >= 11 is 0. The Kier molecular flexibility index (Phi) is 7.17. The highest BCUT2D eigenvalue weighted by Crippen LogP contribution is 2.31. The summed E-state index contributed by atoms with van der Waals surface area (Å²) in [4.78, 5) is 2.51. The maximum Gasteiger partial charge on any atom is 0.160 e. The van der Waals surface area contributed by atoms with E-state index in [1.54, 1.807) is 14.2 Å². The molecule has 1 aromatic carbocycles. The highest BCUT2D eigenvalue weighted by atomic mass is 16.5. The van der Waals surface area contributed by atoms with Gasteiger partial charge in [-0.25, -0.2) is 0 Å². The fraction of sp³-hybridized carbons (Fsp3) is 0.714. The van der Waals surface area contributed by atoms with Crippen LogP contribution in [0.3, 0.4) is 0 Å². The number of hydrogen-bond acceptors (Lipinski definition) is 5. The number of likely N-dealkylation sites (tertiary alicyclic amines) is 1. The number of aliphatic hydroxyl groups is 1. The van der Waals surface area contributed by atoms with Gasteiger partial charge in [-0.3, -0.25) is 4.90 Å². The molecule has 1 unspecified atom stereocenters. The van der Waals surface area contributed by atoms with Crippen LogP contribution >= 0.6 is 0 Å². The van der Waals surface area contributed by atoms with Gasteiger partial charge in [0.25, 0.3) is 0 Å². The van der Waals surface area contributed by atoms with Gasteiger partial charge in [-0.1, -0.05) is 18.9 Å². The molecular formula is C21H33NO4. The monoisotopic (exact) mass is 363 g/mol. The SMILES string of the molecule is COc1ccc(CCO[C@@H]2CCCC[C@@H]2N2CCCC2CO)cc1OC. The Hall–Kier alpha value is -1.30. The molecule has 2 fully saturated rings. The van der Waals surface area contributed by atoms with Gasteiger partial charge < -0.3 is 19.3 Å². The molecular weight excluding hydrogens is 330 g/mol. The minimum absolute atomic E-state index is 0.273. The number of nitrogens with zero attached hydrogens (tertiary/aromatic N) is 1. The van der Waals surface area contributed by atoms with Crippen LogP contribution in [0.2, 0.25) is 0 Å². The lowest BCUT2D eigenvalue weighted by molar-refractivity contribution is -0.0442. The van der Waals surface area contributed by atoms with Crippen LogP contribution in [-0.2, 0) is 11.2 Å². The predicted molar refractivity (Wildman–Crippen MR) is 102 cm³/mol. The van der Waals surface area contributed by atoms with E-state index in [1.165, 1.54) is 31.2 Å². The number of benzene rings is 1. The lowest BCUT2D eigenvalue weighted by Gasteiger charge is -2.40. The van der Waals surface area contributed by atoms with Crippen molar-refractivity contribution in [2.24, 2.45) is 0 Å². The standard InChI is InChI=1S/C21H33NO4/c1-24-20-10-9-16(14-21(20)25-2)11-13-26-19-8-4-3-7-18(19)22-12-5-6-17(22)15-23/h9-10,14,17-19,23H,3-8,11-13,15H2,1-2H3/t17?,18-,19+/m0/s1. The summed E-state index contributed by atoms with van der Waals surface area (Å²) in [5, 5.41) is 9.67. The van der Waals surface area contributed by atoms with Crippen molar-refractivity contribution in [1.29, 1.82) is 0 Å². The van der Waals surface area contributed by atoms with Gasteiger partial charge in [0.2, 0.25) is 0 Å². The van der Waals surface area contributed by atoms with Crippen molar-refractivity contribution in [3.05, 3.63) is 23.8 Å². The van der Waals surface area contributed by atoms with E-state index in [1.807, 2.05) is 12.1 Å². The van der Waals surface area contributed by atoms with Crippen LogP contribution in [0.15, 0.2) is 18.2 Å². The van der Waals surface area contributed by atoms with Gasteiger partial charge in [-0.15, -0.1) is 0 Å². The highest BCUT2D eigenvalue weighted by molar-refractivity contribution is 5.42. The molecule has 0 radical (unpaired) electrons. The summed E-state index contributed by atoms with van der Waals surface area (Å²) in [6.07, 6.45) is 8.31. The number of rotatable bonds is 8. The first kappa shape index (κ1) is 19.5. The van der Waals surface area contributed by atoms with Crippen LogP contribution < -0.4 is 9.47 Å². The molecule has 5 heteroatoms. The van der Waals surface area contributed by atoms with Crippen molar-refractivity contribution in [3.8, 4) is 11.5 Å². The van der Waals surface area contributed by atoms with Crippen LogP contribution in [0.25, 0.3) is 0 Å². The highest BCUT2D eigenvalue weighted by Gasteiger charge is 2.36. The van der Waals surface area contributed by atoms with Gasteiger partial charge in [-0.05, 0) is 56.3 Å². The Morgan fingerprint density at radius 2 is 1.85 bits per heavy atom. The Morgan fingerprint density at radius 3 is 2.62 bits per heavy atom. The van der Waals surface area contributed by atoms with Crippen molar-refractivity contribution >= 4 is 0 Å². The fourth-order valence-corrected chi connectivity index (χ4v) is 4.51. The van der Waals surface area contributed by atoms with Crippen LogP contribution in [0.4, 0.5) is 0 Å².